The van der Waals surface area contributed by atoms with Crippen LogP contribution >= 0.6 is 0 Å². The highest BCUT2D eigenvalue weighted by Crippen LogP contribution is 2.17. The Balaban J connectivity index is 1.42. The fraction of sp³-hybridized carbons (Fsp3) is 0.429. The van der Waals surface area contributed by atoms with Crippen molar-refractivity contribution in [3.8, 4) is 0 Å². The van der Waals surface area contributed by atoms with Gasteiger partial charge in [0.05, 0.1) is 25.4 Å². The lowest BCUT2D eigenvalue weighted by Crippen LogP contribution is -2.47. The van der Waals surface area contributed by atoms with Crippen molar-refractivity contribution in [2.45, 2.75) is 38.8 Å². The van der Waals surface area contributed by atoms with Crippen LogP contribution in [0.25, 0.3) is 0 Å². The number of furan rings is 1. The zero-order valence-electron chi connectivity index (χ0n) is 15.7. The maximum Gasteiger partial charge on any atom is 0.237 e. The number of carbonyl (C=O) groups is 2. The molecule has 3 rings (SSSR count). The Morgan fingerprint density at radius 3 is 2.81 bits per heavy atom. The minimum Gasteiger partial charge on any atom is -0.467 e. The third-order valence-electron chi connectivity index (χ3n) is 5.01. The summed E-state index contributed by atoms with van der Waals surface area (Å²) in [6.45, 7) is 4.08. The number of nitrogens with zero attached hydrogens (tertiary/aromatic N) is 1. The SMILES string of the molecule is Cc1ccccc1CCNC(=O)CN1CCCC1C(=O)NCc1ccco1. The van der Waals surface area contributed by atoms with Crippen molar-refractivity contribution in [3.05, 3.63) is 59.5 Å². The second-order valence-corrected chi connectivity index (χ2v) is 6.95. The topological polar surface area (TPSA) is 74.6 Å². The number of nitrogens with one attached hydrogen (secondary N) is 2. The van der Waals surface area contributed by atoms with Gasteiger partial charge in [0.15, 0.2) is 0 Å². The number of benzene rings is 1. The largest absolute Gasteiger partial charge is 0.467 e. The molecule has 27 heavy (non-hydrogen) atoms. The van der Waals surface area contributed by atoms with Gasteiger partial charge in [-0.15, -0.1) is 0 Å². The molecule has 6 heteroatoms. The van der Waals surface area contributed by atoms with Crippen LogP contribution in [0.4, 0.5) is 0 Å². The molecule has 1 aliphatic heterocycles. The van der Waals surface area contributed by atoms with Gasteiger partial charge in [0.1, 0.15) is 5.76 Å². The molecule has 0 aliphatic carbocycles. The molecular formula is C21H27N3O3. The smallest absolute Gasteiger partial charge is 0.237 e. The summed E-state index contributed by atoms with van der Waals surface area (Å²) in [6.07, 6.45) is 4.10. The average molecular weight is 369 g/mol. The number of likely N-dealkylation sites (tertiary alicyclic amines) is 1. The van der Waals surface area contributed by atoms with Gasteiger partial charge in [0.2, 0.25) is 11.8 Å². The van der Waals surface area contributed by atoms with E-state index in [2.05, 4.69) is 29.7 Å². The van der Waals surface area contributed by atoms with Crippen LogP contribution in [-0.4, -0.2) is 42.4 Å². The Hall–Kier alpha value is -2.60. The lowest BCUT2D eigenvalue weighted by Gasteiger charge is -2.23. The number of hydrogen-bond acceptors (Lipinski definition) is 4. The first kappa shape index (κ1) is 19.2. The van der Waals surface area contributed by atoms with Gasteiger partial charge in [0, 0.05) is 6.54 Å². The number of carbonyl (C=O) groups excluding carboxylic acids is 2. The molecule has 144 valence electrons. The second kappa shape index (κ2) is 9.37. The number of hydrogen-bond donors (Lipinski definition) is 2. The third-order valence-corrected chi connectivity index (χ3v) is 5.01. The van der Waals surface area contributed by atoms with Crippen LogP contribution in [0.5, 0.6) is 0 Å². The van der Waals surface area contributed by atoms with Crippen molar-refractivity contribution in [1.29, 1.82) is 0 Å². The molecule has 0 bridgehead atoms. The number of amides is 2. The Bertz CT molecular complexity index is 758. The molecule has 1 aromatic heterocycles. The predicted molar refractivity (Wildman–Crippen MR) is 103 cm³/mol. The highest BCUT2D eigenvalue weighted by atomic mass is 16.3. The predicted octanol–water partition coefficient (Wildman–Crippen LogP) is 2.03. The number of aryl methyl sites for hydroxylation is 1. The molecule has 1 atom stereocenters. The van der Waals surface area contributed by atoms with Crippen LogP contribution in [0.3, 0.4) is 0 Å². The summed E-state index contributed by atoms with van der Waals surface area (Å²) in [5.41, 5.74) is 2.48. The first-order valence-electron chi connectivity index (χ1n) is 9.49. The Kier molecular flexibility index (Phi) is 6.65. The van der Waals surface area contributed by atoms with Crippen LogP contribution in [-0.2, 0) is 22.6 Å². The highest BCUT2D eigenvalue weighted by molar-refractivity contribution is 5.84. The molecule has 1 fully saturated rings. The van der Waals surface area contributed by atoms with Crippen molar-refractivity contribution >= 4 is 11.8 Å². The molecular weight excluding hydrogens is 342 g/mol. The zero-order valence-corrected chi connectivity index (χ0v) is 15.7. The molecule has 1 aliphatic rings. The van der Waals surface area contributed by atoms with E-state index in [1.54, 1.807) is 12.3 Å². The first-order chi connectivity index (χ1) is 13.1. The zero-order chi connectivity index (χ0) is 19.1. The van der Waals surface area contributed by atoms with E-state index in [4.69, 9.17) is 4.42 Å². The van der Waals surface area contributed by atoms with Gasteiger partial charge >= 0.3 is 0 Å². The second-order valence-electron chi connectivity index (χ2n) is 6.95. The Morgan fingerprint density at radius 1 is 1.19 bits per heavy atom. The molecule has 1 unspecified atom stereocenters. The molecule has 2 N–H and O–H groups in total. The minimum atomic E-state index is -0.248. The monoisotopic (exact) mass is 369 g/mol. The van der Waals surface area contributed by atoms with Crippen LogP contribution < -0.4 is 10.6 Å². The molecule has 2 amide bonds. The normalized spacial score (nSPS) is 17.0. The summed E-state index contributed by atoms with van der Waals surface area (Å²) in [5.74, 6) is 0.646. The van der Waals surface area contributed by atoms with E-state index in [9.17, 15) is 9.59 Å². The minimum absolute atomic E-state index is 0.0330. The van der Waals surface area contributed by atoms with Gasteiger partial charge in [-0.2, -0.15) is 0 Å². The maximum absolute atomic E-state index is 12.4. The van der Waals surface area contributed by atoms with E-state index in [1.165, 1.54) is 11.1 Å². The summed E-state index contributed by atoms with van der Waals surface area (Å²) in [5, 5.41) is 5.87. The van der Waals surface area contributed by atoms with E-state index in [1.807, 2.05) is 23.1 Å². The van der Waals surface area contributed by atoms with E-state index in [0.29, 0.717) is 13.1 Å². The highest BCUT2D eigenvalue weighted by Gasteiger charge is 2.31. The quantitative estimate of drug-likeness (QED) is 0.747. The summed E-state index contributed by atoms with van der Waals surface area (Å²) >= 11 is 0. The van der Waals surface area contributed by atoms with Gasteiger partial charge in [0.25, 0.3) is 0 Å². The summed E-state index contributed by atoms with van der Waals surface area (Å²) < 4.78 is 5.23. The Labute approximate surface area is 159 Å². The number of rotatable bonds is 8. The van der Waals surface area contributed by atoms with Crippen LogP contribution in [0.15, 0.2) is 47.1 Å². The molecule has 1 saturated heterocycles. The lowest BCUT2D eigenvalue weighted by atomic mass is 10.1. The Morgan fingerprint density at radius 2 is 2.04 bits per heavy atom. The van der Waals surface area contributed by atoms with Gasteiger partial charge in [-0.25, -0.2) is 0 Å². The van der Waals surface area contributed by atoms with Crippen molar-refractivity contribution in [2.24, 2.45) is 0 Å². The van der Waals surface area contributed by atoms with Crippen molar-refractivity contribution in [3.63, 3.8) is 0 Å². The van der Waals surface area contributed by atoms with Gasteiger partial charge < -0.3 is 15.1 Å². The first-order valence-corrected chi connectivity index (χ1v) is 9.49. The van der Waals surface area contributed by atoms with Crippen molar-refractivity contribution in [1.82, 2.24) is 15.5 Å². The summed E-state index contributed by atoms with van der Waals surface area (Å²) in [4.78, 5) is 26.7. The van der Waals surface area contributed by atoms with E-state index < -0.39 is 0 Å². The van der Waals surface area contributed by atoms with Gasteiger partial charge in [-0.3, -0.25) is 14.5 Å². The standard InChI is InChI=1S/C21H27N3O3/c1-16-6-2-3-7-17(16)10-11-22-20(25)15-24-12-4-9-19(24)21(26)23-14-18-8-5-13-27-18/h2-3,5-8,13,19H,4,9-12,14-15H2,1H3,(H,22,25)(H,23,26). The fourth-order valence-corrected chi connectivity index (χ4v) is 3.49. The van der Waals surface area contributed by atoms with Crippen LogP contribution in [0.2, 0.25) is 0 Å². The van der Waals surface area contributed by atoms with E-state index >= 15 is 0 Å². The molecule has 0 spiro atoms. The molecule has 2 heterocycles. The molecule has 0 saturated carbocycles. The summed E-state index contributed by atoms with van der Waals surface area (Å²) in [6, 6.07) is 11.6. The van der Waals surface area contributed by atoms with Crippen LogP contribution in [0.1, 0.15) is 29.7 Å². The maximum atomic E-state index is 12.4. The van der Waals surface area contributed by atoms with E-state index in [-0.39, 0.29) is 24.4 Å². The van der Waals surface area contributed by atoms with E-state index in [0.717, 1.165) is 31.6 Å². The fourth-order valence-electron chi connectivity index (χ4n) is 3.49. The van der Waals surface area contributed by atoms with Crippen molar-refractivity contribution < 1.29 is 14.0 Å². The molecule has 2 aromatic rings. The molecule has 6 nitrogen and oxygen atoms in total. The molecule has 1 aromatic carbocycles. The van der Waals surface area contributed by atoms with Gasteiger partial charge in [-0.05, 0) is 56.0 Å². The third kappa shape index (κ3) is 5.44. The molecule has 0 radical (unpaired) electrons. The van der Waals surface area contributed by atoms with Crippen molar-refractivity contribution in [2.75, 3.05) is 19.6 Å². The lowest BCUT2D eigenvalue weighted by molar-refractivity contribution is -0.127. The summed E-state index contributed by atoms with van der Waals surface area (Å²) in [7, 11) is 0. The average Bonchev–Trinajstić information content (AvgIpc) is 3.33. The van der Waals surface area contributed by atoms with Crippen LogP contribution in [0, 0.1) is 6.92 Å². The van der Waals surface area contributed by atoms with Gasteiger partial charge in [-0.1, -0.05) is 24.3 Å².